The second-order valence-corrected chi connectivity index (χ2v) is 9.87. The van der Waals surface area contributed by atoms with Gasteiger partial charge in [0.1, 0.15) is 11.9 Å². The van der Waals surface area contributed by atoms with Gasteiger partial charge < -0.3 is 14.9 Å². The first-order chi connectivity index (χ1) is 14.3. The van der Waals surface area contributed by atoms with Crippen LogP contribution in [0.4, 0.5) is 0 Å². The molecule has 1 saturated carbocycles. The minimum Gasteiger partial charge on any atom is -0.489 e. The van der Waals surface area contributed by atoms with Crippen LogP contribution < -0.4 is 9.46 Å². The fourth-order valence-corrected chi connectivity index (χ4v) is 5.73. The van der Waals surface area contributed by atoms with Gasteiger partial charge in [-0.3, -0.25) is 4.79 Å². The first-order valence-electron chi connectivity index (χ1n) is 9.98. The number of nitrogens with one attached hydrogen (secondary N) is 1. The number of hydrogen-bond acceptors (Lipinski definition) is 5. The van der Waals surface area contributed by atoms with Crippen molar-refractivity contribution < 1.29 is 28.2 Å². The number of para-hydroxylation sites is 1. The lowest BCUT2D eigenvalue weighted by atomic mass is 9.86. The van der Waals surface area contributed by atoms with Crippen molar-refractivity contribution in [3.63, 3.8) is 0 Å². The van der Waals surface area contributed by atoms with E-state index in [2.05, 4.69) is 4.72 Å². The lowest BCUT2D eigenvalue weighted by molar-refractivity contribution is -0.138. The molecule has 0 spiro atoms. The minimum atomic E-state index is -3.56. The molecule has 1 fully saturated rings. The number of carbonyl (C=O) groups is 1. The van der Waals surface area contributed by atoms with Gasteiger partial charge in [0, 0.05) is 35.9 Å². The Balaban J connectivity index is 1.53. The zero-order valence-corrected chi connectivity index (χ0v) is 17.4. The van der Waals surface area contributed by atoms with E-state index in [1.807, 2.05) is 12.1 Å². The molecule has 3 N–H and O–H groups in total. The Morgan fingerprint density at radius 1 is 1.20 bits per heavy atom. The van der Waals surface area contributed by atoms with Gasteiger partial charge in [-0.05, 0) is 12.5 Å². The van der Waals surface area contributed by atoms with E-state index in [0.29, 0.717) is 23.3 Å². The fourth-order valence-electron chi connectivity index (χ4n) is 4.56. The SMILES string of the molecule is CC(C(=O)O)c1cccc2c1OC1CC(O)C(CNS(=O)(=O)Cc3ccccc3)C21. The molecule has 7 nitrogen and oxygen atoms in total. The molecule has 2 aromatic rings. The van der Waals surface area contributed by atoms with Crippen LogP contribution in [0.1, 0.15) is 41.9 Å². The Bertz CT molecular complexity index is 1040. The van der Waals surface area contributed by atoms with Gasteiger partial charge in [0.25, 0.3) is 0 Å². The molecule has 1 aliphatic heterocycles. The number of benzene rings is 2. The van der Waals surface area contributed by atoms with Gasteiger partial charge in [0.15, 0.2) is 0 Å². The Hall–Kier alpha value is -2.42. The van der Waals surface area contributed by atoms with Gasteiger partial charge in [-0.2, -0.15) is 0 Å². The van der Waals surface area contributed by atoms with Crippen molar-refractivity contribution in [1.82, 2.24) is 4.72 Å². The van der Waals surface area contributed by atoms with Crippen molar-refractivity contribution in [1.29, 1.82) is 0 Å². The highest BCUT2D eigenvalue weighted by Crippen LogP contribution is 2.52. The standard InChI is InChI=1S/C22H25NO6S/c1-13(22(25)26)15-8-5-9-16-20-17(18(24)10-19(20)29-21(15)16)11-23-30(27,28)12-14-6-3-2-4-7-14/h2-9,13,17-20,23-24H,10-12H2,1H3,(H,25,26). The van der Waals surface area contributed by atoms with Crippen molar-refractivity contribution in [3.05, 3.63) is 65.2 Å². The molecule has 1 heterocycles. The highest BCUT2D eigenvalue weighted by atomic mass is 32.2. The Labute approximate surface area is 175 Å². The zero-order chi connectivity index (χ0) is 21.5. The average molecular weight is 432 g/mol. The van der Waals surface area contributed by atoms with Gasteiger partial charge in [0.2, 0.25) is 10.0 Å². The Morgan fingerprint density at radius 3 is 2.63 bits per heavy atom. The van der Waals surface area contributed by atoms with E-state index in [1.165, 1.54) is 0 Å². The predicted octanol–water partition coefficient (Wildman–Crippen LogP) is 2.22. The van der Waals surface area contributed by atoms with E-state index in [9.17, 15) is 23.4 Å². The molecule has 0 aromatic heterocycles. The molecule has 8 heteroatoms. The largest absolute Gasteiger partial charge is 0.489 e. The maximum absolute atomic E-state index is 12.5. The number of aliphatic hydroxyl groups is 1. The number of aliphatic carboxylic acids is 1. The van der Waals surface area contributed by atoms with Gasteiger partial charge in [-0.1, -0.05) is 48.5 Å². The van der Waals surface area contributed by atoms with Crippen LogP contribution in [-0.4, -0.2) is 43.4 Å². The number of carboxylic acid groups (broad SMARTS) is 1. The van der Waals surface area contributed by atoms with Crippen LogP contribution in [0.2, 0.25) is 0 Å². The minimum absolute atomic E-state index is 0.0962. The first kappa shape index (κ1) is 20.8. The molecule has 0 radical (unpaired) electrons. The first-order valence-corrected chi connectivity index (χ1v) is 11.6. The van der Waals surface area contributed by atoms with E-state index < -0.39 is 28.0 Å². The molecule has 4 rings (SSSR count). The van der Waals surface area contributed by atoms with E-state index >= 15 is 0 Å². The van der Waals surface area contributed by atoms with Crippen LogP contribution in [0.25, 0.3) is 0 Å². The predicted molar refractivity (Wildman–Crippen MR) is 111 cm³/mol. The number of fused-ring (bicyclic) bond motifs is 3. The molecular formula is C22H25NO6S. The summed E-state index contributed by atoms with van der Waals surface area (Å²) < 4.78 is 33.8. The number of aliphatic hydroxyl groups excluding tert-OH is 1. The van der Waals surface area contributed by atoms with Gasteiger partial charge in [-0.25, -0.2) is 13.1 Å². The lowest BCUT2D eigenvalue weighted by Gasteiger charge is -2.21. The Kier molecular flexibility index (Phi) is 5.57. The topological polar surface area (TPSA) is 113 Å². The smallest absolute Gasteiger partial charge is 0.310 e. The highest BCUT2D eigenvalue weighted by molar-refractivity contribution is 7.88. The van der Waals surface area contributed by atoms with E-state index in [1.54, 1.807) is 43.3 Å². The van der Waals surface area contributed by atoms with Crippen LogP contribution in [0.3, 0.4) is 0 Å². The van der Waals surface area contributed by atoms with Crippen molar-refractivity contribution in [2.75, 3.05) is 6.54 Å². The summed E-state index contributed by atoms with van der Waals surface area (Å²) in [4.78, 5) is 11.5. The normalized spacial score (nSPS) is 25.9. The third-order valence-corrected chi connectivity index (χ3v) is 7.43. The average Bonchev–Trinajstić information content (AvgIpc) is 3.20. The number of ether oxygens (including phenoxy) is 1. The molecule has 5 atom stereocenters. The molecule has 5 unspecified atom stereocenters. The molecule has 0 saturated heterocycles. The van der Waals surface area contributed by atoms with Gasteiger partial charge in [-0.15, -0.1) is 0 Å². The molecule has 2 aromatic carbocycles. The van der Waals surface area contributed by atoms with E-state index in [0.717, 1.165) is 5.56 Å². The lowest BCUT2D eigenvalue weighted by Crippen LogP contribution is -2.35. The number of rotatable bonds is 7. The summed E-state index contributed by atoms with van der Waals surface area (Å²) in [5.41, 5.74) is 2.14. The molecule has 1 aliphatic carbocycles. The van der Waals surface area contributed by atoms with Crippen LogP contribution in [0, 0.1) is 5.92 Å². The van der Waals surface area contributed by atoms with Crippen molar-refractivity contribution in [3.8, 4) is 5.75 Å². The quantitative estimate of drug-likeness (QED) is 0.620. The van der Waals surface area contributed by atoms with Gasteiger partial charge >= 0.3 is 5.97 Å². The van der Waals surface area contributed by atoms with Crippen molar-refractivity contribution >= 4 is 16.0 Å². The molecule has 2 aliphatic rings. The fraction of sp³-hybridized carbons (Fsp3) is 0.409. The number of sulfonamides is 1. The van der Waals surface area contributed by atoms with Crippen LogP contribution in [0.5, 0.6) is 5.75 Å². The second-order valence-electron chi connectivity index (χ2n) is 8.07. The monoisotopic (exact) mass is 431 g/mol. The van der Waals surface area contributed by atoms with Crippen LogP contribution in [-0.2, 0) is 20.6 Å². The van der Waals surface area contributed by atoms with Crippen molar-refractivity contribution in [2.45, 2.75) is 43.1 Å². The Morgan fingerprint density at radius 2 is 1.93 bits per heavy atom. The highest BCUT2D eigenvalue weighted by Gasteiger charge is 2.50. The third kappa shape index (κ3) is 3.95. The number of hydrogen-bond donors (Lipinski definition) is 3. The third-order valence-electron chi connectivity index (χ3n) is 6.11. The summed E-state index contributed by atoms with van der Waals surface area (Å²) in [6.45, 7) is 1.71. The van der Waals surface area contributed by atoms with Crippen LogP contribution >= 0.6 is 0 Å². The van der Waals surface area contributed by atoms with Crippen molar-refractivity contribution in [2.24, 2.45) is 5.92 Å². The maximum Gasteiger partial charge on any atom is 0.310 e. The maximum atomic E-state index is 12.5. The summed E-state index contributed by atoms with van der Waals surface area (Å²) in [6.07, 6.45) is -0.611. The second kappa shape index (κ2) is 8.02. The zero-order valence-electron chi connectivity index (χ0n) is 16.6. The van der Waals surface area contributed by atoms with Crippen LogP contribution in [0.15, 0.2) is 48.5 Å². The molecule has 160 valence electrons. The summed E-state index contributed by atoms with van der Waals surface area (Å²) >= 11 is 0. The van der Waals surface area contributed by atoms with Gasteiger partial charge in [0.05, 0.1) is 17.8 Å². The summed E-state index contributed by atoms with van der Waals surface area (Å²) in [5.74, 6) is -1.75. The van der Waals surface area contributed by atoms with E-state index in [4.69, 9.17) is 4.74 Å². The summed E-state index contributed by atoms with van der Waals surface area (Å²) in [5, 5.41) is 20.0. The summed E-state index contributed by atoms with van der Waals surface area (Å²) in [7, 11) is -3.56. The van der Waals surface area contributed by atoms with E-state index in [-0.39, 0.29) is 30.2 Å². The molecule has 0 bridgehead atoms. The molecular weight excluding hydrogens is 406 g/mol. The molecule has 30 heavy (non-hydrogen) atoms. The summed E-state index contributed by atoms with van der Waals surface area (Å²) in [6, 6.07) is 14.3. The number of carboxylic acids is 1. The molecule has 0 amide bonds.